The fourth-order valence-corrected chi connectivity index (χ4v) is 2.17. The van der Waals surface area contributed by atoms with E-state index in [2.05, 4.69) is 0 Å². The molecular weight excluding hydrogens is 232 g/mol. The summed E-state index contributed by atoms with van der Waals surface area (Å²) >= 11 is 0. The van der Waals surface area contributed by atoms with Gasteiger partial charge in [0.25, 0.3) is 0 Å². The van der Waals surface area contributed by atoms with E-state index in [0.29, 0.717) is 6.61 Å². The molecule has 4 nitrogen and oxygen atoms in total. The molecule has 1 rings (SSSR count). The maximum atomic E-state index is 11.5. The highest BCUT2D eigenvalue weighted by Gasteiger charge is 2.14. The van der Waals surface area contributed by atoms with E-state index < -0.39 is 0 Å². The monoisotopic (exact) mass is 256 g/mol. The van der Waals surface area contributed by atoms with Crippen LogP contribution in [0.5, 0.6) is 0 Å². The first-order valence-corrected chi connectivity index (χ1v) is 7.01. The third-order valence-corrected chi connectivity index (χ3v) is 3.20. The van der Waals surface area contributed by atoms with E-state index in [1.807, 2.05) is 0 Å². The number of hydrogen-bond acceptors (Lipinski definition) is 4. The van der Waals surface area contributed by atoms with Gasteiger partial charge in [-0.1, -0.05) is 25.7 Å². The van der Waals surface area contributed by atoms with Crippen molar-refractivity contribution in [2.24, 2.45) is 0 Å². The Morgan fingerprint density at radius 1 is 1.06 bits per heavy atom. The van der Waals surface area contributed by atoms with E-state index in [4.69, 9.17) is 9.47 Å². The topological polar surface area (TPSA) is 52.6 Å². The Balaban J connectivity index is 2.10. The Hall–Kier alpha value is -0.900. The van der Waals surface area contributed by atoms with Crippen LogP contribution in [0.25, 0.3) is 0 Å². The lowest BCUT2D eigenvalue weighted by Gasteiger charge is -2.14. The molecule has 1 saturated carbocycles. The predicted molar refractivity (Wildman–Crippen MR) is 68.3 cm³/mol. The smallest absolute Gasteiger partial charge is 0.306 e. The summed E-state index contributed by atoms with van der Waals surface area (Å²) in [6.07, 6.45) is 7.69. The Kier molecular flexibility index (Phi) is 7.65. The summed E-state index contributed by atoms with van der Waals surface area (Å²) < 4.78 is 10.4. The van der Waals surface area contributed by atoms with Gasteiger partial charge in [0.05, 0.1) is 19.1 Å². The van der Waals surface area contributed by atoms with Gasteiger partial charge in [0.15, 0.2) is 5.78 Å². The van der Waals surface area contributed by atoms with Crippen LogP contribution in [0.3, 0.4) is 0 Å². The summed E-state index contributed by atoms with van der Waals surface area (Å²) in [4.78, 5) is 22.6. The molecule has 1 fully saturated rings. The lowest BCUT2D eigenvalue weighted by atomic mass is 10.1. The number of hydrogen-bond donors (Lipinski definition) is 0. The minimum atomic E-state index is -0.305. The second-order valence-electron chi connectivity index (χ2n) is 4.77. The van der Waals surface area contributed by atoms with Crippen molar-refractivity contribution >= 4 is 11.8 Å². The van der Waals surface area contributed by atoms with Crippen LogP contribution in [0.2, 0.25) is 0 Å². The average molecular weight is 256 g/mol. The Bertz CT molecular complexity index is 255. The predicted octanol–water partition coefficient (Wildman–Crippen LogP) is 2.64. The van der Waals surface area contributed by atoms with Gasteiger partial charge < -0.3 is 9.47 Å². The van der Waals surface area contributed by atoms with Gasteiger partial charge in [-0.3, -0.25) is 9.59 Å². The SMILES string of the molecule is CCOC(=O)CCC(=O)COC1CCCCCC1. The minimum Gasteiger partial charge on any atom is -0.466 e. The summed E-state index contributed by atoms with van der Waals surface area (Å²) in [6, 6.07) is 0. The molecule has 0 aromatic carbocycles. The Morgan fingerprint density at radius 3 is 2.33 bits per heavy atom. The summed E-state index contributed by atoms with van der Waals surface area (Å²) in [5, 5.41) is 0. The maximum absolute atomic E-state index is 11.5. The van der Waals surface area contributed by atoms with E-state index in [-0.39, 0.29) is 37.3 Å². The molecule has 1 aliphatic carbocycles. The number of esters is 1. The van der Waals surface area contributed by atoms with Crippen LogP contribution >= 0.6 is 0 Å². The number of ether oxygens (including phenoxy) is 2. The van der Waals surface area contributed by atoms with Gasteiger partial charge in [-0.2, -0.15) is 0 Å². The zero-order valence-electron chi connectivity index (χ0n) is 11.3. The number of Topliss-reactive ketones (excluding diaryl/α,β-unsaturated/α-hetero) is 1. The van der Waals surface area contributed by atoms with E-state index in [9.17, 15) is 9.59 Å². The van der Waals surface area contributed by atoms with Crippen molar-refractivity contribution in [3.63, 3.8) is 0 Å². The van der Waals surface area contributed by atoms with Crippen molar-refractivity contribution < 1.29 is 19.1 Å². The maximum Gasteiger partial charge on any atom is 0.306 e. The molecule has 0 radical (unpaired) electrons. The van der Waals surface area contributed by atoms with E-state index in [1.54, 1.807) is 6.92 Å². The fourth-order valence-electron chi connectivity index (χ4n) is 2.17. The molecule has 1 aliphatic rings. The van der Waals surface area contributed by atoms with Crippen molar-refractivity contribution in [3.05, 3.63) is 0 Å². The van der Waals surface area contributed by atoms with Crippen LogP contribution in [0, 0.1) is 0 Å². The van der Waals surface area contributed by atoms with Crippen molar-refractivity contribution in [3.8, 4) is 0 Å². The molecule has 0 aromatic heterocycles. The molecular formula is C14H24O4. The normalized spacial score (nSPS) is 17.2. The Morgan fingerprint density at radius 2 is 1.72 bits per heavy atom. The lowest BCUT2D eigenvalue weighted by molar-refractivity contribution is -0.144. The van der Waals surface area contributed by atoms with Gasteiger partial charge in [0.2, 0.25) is 0 Å². The molecule has 0 bridgehead atoms. The zero-order valence-corrected chi connectivity index (χ0v) is 11.3. The standard InChI is InChI=1S/C14H24O4/c1-2-17-14(16)10-9-12(15)11-18-13-7-5-3-4-6-8-13/h13H,2-11H2,1H3. The summed E-state index contributed by atoms with van der Waals surface area (Å²) in [5.74, 6) is -0.312. The van der Waals surface area contributed by atoms with E-state index >= 15 is 0 Å². The quantitative estimate of drug-likeness (QED) is 0.519. The molecule has 0 amide bonds. The third kappa shape index (κ3) is 6.74. The Labute approximate surface area is 109 Å². The van der Waals surface area contributed by atoms with Gasteiger partial charge >= 0.3 is 5.97 Å². The van der Waals surface area contributed by atoms with Crippen molar-refractivity contribution in [2.45, 2.75) is 64.4 Å². The zero-order chi connectivity index (χ0) is 13.2. The molecule has 0 unspecified atom stereocenters. The van der Waals surface area contributed by atoms with Gasteiger partial charge in [0, 0.05) is 6.42 Å². The summed E-state index contributed by atoms with van der Waals surface area (Å²) in [5.41, 5.74) is 0. The largest absolute Gasteiger partial charge is 0.466 e. The van der Waals surface area contributed by atoms with Crippen LogP contribution in [-0.4, -0.2) is 31.1 Å². The molecule has 0 spiro atoms. The van der Waals surface area contributed by atoms with Crippen LogP contribution in [0.4, 0.5) is 0 Å². The molecule has 4 heteroatoms. The highest BCUT2D eigenvalue weighted by Crippen LogP contribution is 2.19. The summed E-state index contributed by atoms with van der Waals surface area (Å²) in [7, 11) is 0. The van der Waals surface area contributed by atoms with E-state index in [0.717, 1.165) is 12.8 Å². The molecule has 0 N–H and O–H groups in total. The molecule has 0 saturated heterocycles. The molecule has 18 heavy (non-hydrogen) atoms. The summed E-state index contributed by atoms with van der Waals surface area (Å²) in [6.45, 7) is 2.27. The van der Waals surface area contributed by atoms with Crippen LogP contribution in [0.1, 0.15) is 58.3 Å². The van der Waals surface area contributed by atoms with Crippen LogP contribution in [0.15, 0.2) is 0 Å². The van der Waals surface area contributed by atoms with Gasteiger partial charge in [0.1, 0.15) is 6.61 Å². The number of carbonyl (C=O) groups excluding carboxylic acids is 2. The van der Waals surface area contributed by atoms with Crippen LogP contribution < -0.4 is 0 Å². The first-order valence-electron chi connectivity index (χ1n) is 7.01. The molecule has 0 atom stereocenters. The van der Waals surface area contributed by atoms with Crippen LogP contribution in [-0.2, 0) is 19.1 Å². The lowest BCUT2D eigenvalue weighted by Crippen LogP contribution is -2.18. The highest BCUT2D eigenvalue weighted by molar-refractivity contribution is 5.83. The highest BCUT2D eigenvalue weighted by atomic mass is 16.5. The molecule has 0 aliphatic heterocycles. The van der Waals surface area contributed by atoms with Crippen molar-refractivity contribution in [1.82, 2.24) is 0 Å². The van der Waals surface area contributed by atoms with E-state index in [1.165, 1.54) is 25.7 Å². The third-order valence-electron chi connectivity index (χ3n) is 3.20. The molecule has 0 heterocycles. The molecule has 0 aromatic rings. The van der Waals surface area contributed by atoms with Gasteiger partial charge in [-0.15, -0.1) is 0 Å². The van der Waals surface area contributed by atoms with Gasteiger partial charge in [-0.25, -0.2) is 0 Å². The molecule has 104 valence electrons. The number of rotatable bonds is 7. The van der Waals surface area contributed by atoms with Crippen molar-refractivity contribution in [1.29, 1.82) is 0 Å². The first-order chi connectivity index (χ1) is 8.72. The second kappa shape index (κ2) is 9.09. The minimum absolute atomic E-state index is 0.00713. The fraction of sp³-hybridized carbons (Fsp3) is 0.857. The second-order valence-corrected chi connectivity index (χ2v) is 4.77. The van der Waals surface area contributed by atoms with Gasteiger partial charge in [-0.05, 0) is 19.8 Å². The van der Waals surface area contributed by atoms with Crippen molar-refractivity contribution in [2.75, 3.05) is 13.2 Å². The average Bonchev–Trinajstić information content (AvgIpc) is 2.63. The number of ketones is 1. The number of carbonyl (C=O) groups is 2. The first kappa shape index (κ1) is 15.2.